The molecule has 0 spiro atoms. The van der Waals surface area contributed by atoms with Crippen molar-refractivity contribution in [3.05, 3.63) is 57.8 Å². The Kier molecular flexibility index (Phi) is 3.69. The minimum atomic E-state index is 0.252. The molecule has 1 fully saturated rings. The first-order valence-electron chi connectivity index (χ1n) is 6.80. The van der Waals surface area contributed by atoms with E-state index in [0.29, 0.717) is 5.92 Å². The third-order valence-corrected chi connectivity index (χ3v) is 5.01. The van der Waals surface area contributed by atoms with Crippen LogP contribution < -0.4 is 5.73 Å². The molecule has 0 saturated carbocycles. The molecule has 3 rings (SSSR count). The van der Waals surface area contributed by atoms with Gasteiger partial charge in [-0.25, -0.2) is 0 Å². The Balaban J connectivity index is 1.70. The van der Waals surface area contributed by atoms with Crippen LogP contribution in [0.1, 0.15) is 21.9 Å². The lowest BCUT2D eigenvalue weighted by atomic mass is 9.95. The first kappa shape index (κ1) is 12.9. The molecule has 2 nitrogen and oxygen atoms in total. The highest BCUT2D eigenvalue weighted by atomic mass is 32.1. The molecule has 2 atom stereocenters. The molecule has 0 amide bonds. The lowest BCUT2D eigenvalue weighted by Gasteiger charge is -2.15. The van der Waals surface area contributed by atoms with Gasteiger partial charge >= 0.3 is 0 Å². The van der Waals surface area contributed by atoms with Gasteiger partial charge in [-0.2, -0.15) is 0 Å². The number of nitrogens with two attached hydrogens (primary N) is 1. The fraction of sp³-hybridized carbons (Fsp3) is 0.375. The molecule has 0 unspecified atom stereocenters. The summed E-state index contributed by atoms with van der Waals surface area (Å²) >= 11 is 1.85. The molecule has 0 radical (unpaired) electrons. The monoisotopic (exact) mass is 272 g/mol. The molecule has 1 saturated heterocycles. The lowest BCUT2D eigenvalue weighted by Crippen LogP contribution is -2.28. The largest absolute Gasteiger partial charge is 0.326 e. The van der Waals surface area contributed by atoms with Crippen molar-refractivity contribution >= 4 is 11.3 Å². The first-order valence-corrected chi connectivity index (χ1v) is 7.68. The van der Waals surface area contributed by atoms with E-state index in [9.17, 15) is 0 Å². The van der Waals surface area contributed by atoms with E-state index in [1.54, 1.807) is 0 Å². The van der Waals surface area contributed by atoms with Gasteiger partial charge in [-0.3, -0.25) is 4.90 Å². The number of aryl methyl sites for hydroxylation is 1. The van der Waals surface area contributed by atoms with E-state index in [-0.39, 0.29) is 6.04 Å². The summed E-state index contributed by atoms with van der Waals surface area (Å²) in [6.07, 6.45) is 0. The van der Waals surface area contributed by atoms with Gasteiger partial charge in [-0.1, -0.05) is 30.3 Å². The summed E-state index contributed by atoms with van der Waals surface area (Å²) in [6, 6.07) is 13.1. The summed E-state index contributed by atoms with van der Waals surface area (Å²) in [4.78, 5) is 3.96. The average Bonchev–Trinajstić information content (AvgIpc) is 2.98. The maximum absolute atomic E-state index is 6.33. The third-order valence-electron chi connectivity index (χ3n) is 4.00. The van der Waals surface area contributed by atoms with Gasteiger partial charge in [0.2, 0.25) is 0 Å². The van der Waals surface area contributed by atoms with Crippen molar-refractivity contribution in [1.82, 2.24) is 4.90 Å². The van der Waals surface area contributed by atoms with Crippen LogP contribution in [0.2, 0.25) is 0 Å². The Hall–Kier alpha value is -1.16. The zero-order chi connectivity index (χ0) is 13.2. The smallest absolute Gasteiger partial charge is 0.0331 e. The van der Waals surface area contributed by atoms with Crippen LogP contribution >= 0.6 is 11.3 Å². The van der Waals surface area contributed by atoms with Gasteiger partial charge in [0.25, 0.3) is 0 Å². The molecule has 2 aromatic rings. The minimum absolute atomic E-state index is 0.252. The molecule has 1 aliphatic heterocycles. The number of hydrogen-bond donors (Lipinski definition) is 1. The predicted molar refractivity (Wildman–Crippen MR) is 81.5 cm³/mol. The second-order valence-corrected chi connectivity index (χ2v) is 6.40. The number of rotatable bonds is 3. The summed E-state index contributed by atoms with van der Waals surface area (Å²) in [5, 5.41) is 2.18. The van der Waals surface area contributed by atoms with E-state index in [1.165, 1.54) is 16.0 Å². The second kappa shape index (κ2) is 5.45. The van der Waals surface area contributed by atoms with Crippen LogP contribution in [0.15, 0.2) is 41.8 Å². The van der Waals surface area contributed by atoms with Gasteiger partial charge in [-0.05, 0) is 29.5 Å². The minimum Gasteiger partial charge on any atom is -0.326 e. The van der Waals surface area contributed by atoms with Crippen LogP contribution in [-0.2, 0) is 6.54 Å². The summed E-state index contributed by atoms with van der Waals surface area (Å²) in [6.45, 7) is 5.30. The van der Waals surface area contributed by atoms with Crippen LogP contribution in [0.5, 0.6) is 0 Å². The number of thiophene rings is 1. The molecule has 2 N–H and O–H groups in total. The SMILES string of the molecule is Cc1ccsc1CN1C[C@@H](N)[C@H](c2ccccc2)C1. The van der Waals surface area contributed by atoms with Crippen molar-refractivity contribution in [2.24, 2.45) is 5.73 Å². The summed E-state index contributed by atoms with van der Waals surface area (Å²) in [5.74, 6) is 0.474. The van der Waals surface area contributed by atoms with Crippen LogP contribution in [0, 0.1) is 6.92 Å². The number of nitrogens with zero attached hydrogens (tertiary/aromatic N) is 1. The lowest BCUT2D eigenvalue weighted by molar-refractivity contribution is 0.326. The summed E-state index contributed by atoms with van der Waals surface area (Å²) < 4.78 is 0. The van der Waals surface area contributed by atoms with Crippen LogP contribution in [0.25, 0.3) is 0 Å². The molecule has 100 valence electrons. The number of likely N-dealkylation sites (tertiary alicyclic amines) is 1. The fourth-order valence-electron chi connectivity index (χ4n) is 2.86. The van der Waals surface area contributed by atoms with Gasteiger partial charge in [0.05, 0.1) is 0 Å². The van der Waals surface area contributed by atoms with Crippen molar-refractivity contribution in [1.29, 1.82) is 0 Å². The molecular weight excluding hydrogens is 252 g/mol. The Labute approximate surface area is 118 Å². The standard InChI is InChI=1S/C16H20N2S/c1-12-7-8-19-16(12)11-18-9-14(15(17)10-18)13-5-3-2-4-6-13/h2-8,14-15H,9-11,17H2,1H3/t14-,15+/m0/s1. The zero-order valence-electron chi connectivity index (χ0n) is 11.3. The van der Waals surface area contributed by atoms with Gasteiger partial charge in [-0.15, -0.1) is 11.3 Å². The quantitative estimate of drug-likeness (QED) is 0.930. The summed E-state index contributed by atoms with van der Waals surface area (Å²) in [5.41, 5.74) is 9.11. The highest BCUT2D eigenvalue weighted by Crippen LogP contribution is 2.28. The van der Waals surface area contributed by atoms with E-state index >= 15 is 0 Å². The van der Waals surface area contributed by atoms with Gasteiger partial charge in [0.15, 0.2) is 0 Å². The van der Waals surface area contributed by atoms with Crippen molar-refractivity contribution < 1.29 is 0 Å². The molecule has 1 aliphatic rings. The van der Waals surface area contributed by atoms with Gasteiger partial charge < -0.3 is 5.73 Å². The average molecular weight is 272 g/mol. The van der Waals surface area contributed by atoms with E-state index in [2.05, 4.69) is 53.6 Å². The second-order valence-electron chi connectivity index (χ2n) is 5.40. The third kappa shape index (κ3) is 2.73. The molecule has 0 aliphatic carbocycles. The highest BCUT2D eigenvalue weighted by molar-refractivity contribution is 7.10. The number of hydrogen-bond acceptors (Lipinski definition) is 3. The predicted octanol–water partition coefficient (Wildman–Crippen LogP) is 2.98. The van der Waals surface area contributed by atoms with E-state index in [1.807, 2.05) is 11.3 Å². The van der Waals surface area contributed by atoms with E-state index in [0.717, 1.165) is 19.6 Å². The van der Waals surface area contributed by atoms with E-state index < -0.39 is 0 Å². The Morgan fingerprint density at radius 1 is 1.21 bits per heavy atom. The maximum Gasteiger partial charge on any atom is 0.0331 e. The van der Waals surface area contributed by atoms with Crippen molar-refractivity contribution in [2.45, 2.75) is 25.4 Å². The van der Waals surface area contributed by atoms with Crippen LogP contribution in [0.3, 0.4) is 0 Å². The molecule has 2 heterocycles. The molecule has 19 heavy (non-hydrogen) atoms. The van der Waals surface area contributed by atoms with Crippen LogP contribution in [-0.4, -0.2) is 24.0 Å². The molecule has 3 heteroatoms. The van der Waals surface area contributed by atoms with Gasteiger partial charge in [0, 0.05) is 36.5 Å². The normalized spacial score (nSPS) is 23.9. The fourth-order valence-corrected chi connectivity index (χ4v) is 3.81. The molecule has 1 aromatic heterocycles. The molecule has 1 aromatic carbocycles. The van der Waals surface area contributed by atoms with Crippen LogP contribution in [0.4, 0.5) is 0 Å². The topological polar surface area (TPSA) is 29.3 Å². The van der Waals surface area contributed by atoms with Crippen molar-refractivity contribution in [2.75, 3.05) is 13.1 Å². The van der Waals surface area contributed by atoms with E-state index in [4.69, 9.17) is 5.73 Å². The Morgan fingerprint density at radius 3 is 2.68 bits per heavy atom. The first-order chi connectivity index (χ1) is 9.24. The Morgan fingerprint density at radius 2 is 2.00 bits per heavy atom. The number of benzene rings is 1. The summed E-state index contributed by atoms with van der Waals surface area (Å²) in [7, 11) is 0. The molecular formula is C16H20N2S. The van der Waals surface area contributed by atoms with Crippen molar-refractivity contribution in [3.63, 3.8) is 0 Å². The van der Waals surface area contributed by atoms with Crippen molar-refractivity contribution in [3.8, 4) is 0 Å². The highest BCUT2D eigenvalue weighted by Gasteiger charge is 2.31. The zero-order valence-corrected chi connectivity index (χ0v) is 12.1. The maximum atomic E-state index is 6.33. The molecule has 0 bridgehead atoms. The Bertz CT molecular complexity index is 535. The van der Waals surface area contributed by atoms with Gasteiger partial charge in [0.1, 0.15) is 0 Å².